The zero-order chi connectivity index (χ0) is 13.9. The van der Waals surface area contributed by atoms with E-state index in [2.05, 4.69) is 15.5 Å². The van der Waals surface area contributed by atoms with Crippen LogP contribution in [0.5, 0.6) is 5.75 Å². The van der Waals surface area contributed by atoms with Crippen molar-refractivity contribution in [2.24, 2.45) is 0 Å². The van der Waals surface area contributed by atoms with Crippen LogP contribution in [-0.2, 0) is 4.74 Å². The van der Waals surface area contributed by atoms with E-state index in [4.69, 9.17) is 25.6 Å². The van der Waals surface area contributed by atoms with Crippen molar-refractivity contribution in [2.45, 2.75) is 6.10 Å². The molecule has 1 N–H and O–H groups in total. The first-order valence-electron chi connectivity index (χ1n) is 6.28. The largest absolute Gasteiger partial charge is 0.496 e. The highest BCUT2D eigenvalue weighted by molar-refractivity contribution is 6.30. The summed E-state index contributed by atoms with van der Waals surface area (Å²) in [5.41, 5.74) is 0.732. The molecule has 1 saturated heterocycles. The maximum absolute atomic E-state index is 5.94. The van der Waals surface area contributed by atoms with Crippen molar-refractivity contribution in [1.29, 1.82) is 0 Å². The van der Waals surface area contributed by atoms with Crippen LogP contribution in [0.3, 0.4) is 0 Å². The number of hydrogen-bond donors (Lipinski definition) is 1. The third-order valence-electron chi connectivity index (χ3n) is 3.05. The first-order valence-corrected chi connectivity index (χ1v) is 6.65. The van der Waals surface area contributed by atoms with E-state index in [9.17, 15) is 0 Å². The molecule has 1 aromatic carbocycles. The Morgan fingerprint density at radius 2 is 2.35 bits per heavy atom. The molecule has 20 heavy (non-hydrogen) atoms. The molecule has 7 heteroatoms. The third-order valence-corrected chi connectivity index (χ3v) is 3.28. The standard InChI is InChI=1S/C13H14ClN3O3/c1-18-10-6-8(14)2-3-9(10)12-16-13(20-17-12)11-7-15-4-5-19-11/h2-3,6,11,15H,4-5,7H2,1H3. The van der Waals surface area contributed by atoms with Gasteiger partial charge in [0.1, 0.15) is 11.9 Å². The SMILES string of the molecule is COc1cc(Cl)ccc1-c1noc(C2CNCCO2)n1. The van der Waals surface area contributed by atoms with Crippen molar-refractivity contribution in [3.05, 3.63) is 29.1 Å². The number of nitrogens with zero attached hydrogens (tertiary/aromatic N) is 2. The number of halogens is 1. The molecule has 1 aliphatic rings. The number of aromatic nitrogens is 2. The van der Waals surface area contributed by atoms with Gasteiger partial charge in [0.25, 0.3) is 5.89 Å². The zero-order valence-corrected chi connectivity index (χ0v) is 11.7. The van der Waals surface area contributed by atoms with E-state index in [1.165, 1.54) is 0 Å². The van der Waals surface area contributed by atoms with E-state index < -0.39 is 0 Å². The molecule has 2 aromatic rings. The number of nitrogens with one attached hydrogen (secondary N) is 1. The Bertz CT molecular complexity index is 596. The van der Waals surface area contributed by atoms with Gasteiger partial charge in [-0.3, -0.25) is 0 Å². The maximum atomic E-state index is 5.94. The van der Waals surface area contributed by atoms with Gasteiger partial charge in [-0.2, -0.15) is 4.98 Å². The van der Waals surface area contributed by atoms with Crippen LogP contribution in [0.1, 0.15) is 12.0 Å². The quantitative estimate of drug-likeness (QED) is 0.935. The second-order valence-corrected chi connectivity index (χ2v) is 4.80. The summed E-state index contributed by atoms with van der Waals surface area (Å²) in [6.45, 7) is 2.13. The Kier molecular flexibility index (Phi) is 3.86. The minimum Gasteiger partial charge on any atom is -0.496 e. The summed E-state index contributed by atoms with van der Waals surface area (Å²) in [5, 5.41) is 7.79. The molecule has 1 aromatic heterocycles. The molecular weight excluding hydrogens is 282 g/mol. The summed E-state index contributed by atoms with van der Waals surface area (Å²) in [6, 6.07) is 5.27. The van der Waals surface area contributed by atoms with E-state index in [0.717, 1.165) is 12.1 Å². The summed E-state index contributed by atoms with van der Waals surface area (Å²) >= 11 is 5.94. The molecule has 1 aliphatic heterocycles. The van der Waals surface area contributed by atoms with E-state index in [1.807, 2.05) is 0 Å². The maximum Gasteiger partial charge on any atom is 0.257 e. The Morgan fingerprint density at radius 1 is 1.45 bits per heavy atom. The van der Waals surface area contributed by atoms with Crippen LogP contribution in [0.4, 0.5) is 0 Å². The van der Waals surface area contributed by atoms with Gasteiger partial charge in [0.05, 0.1) is 19.3 Å². The fourth-order valence-corrected chi connectivity index (χ4v) is 2.21. The van der Waals surface area contributed by atoms with Crippen LogP contribution in [-0.4, -0.2) is 36.9 Å². The van der Waals surface area contributed by atoms with Crippen LogP contribution >= 0.6 is 11.6 Å². The molecule has 0 amide bonds. The second kappa shape index (κ2) is 5.78. The average molecular weight is 296 g/mol. The normalized spacial score (nSPS) is 19.0. The lowest BCUT2D eigenvalue weighted by atomic mass is 10.2. The zero-order valence-electron chi connectivity index (χ0n) is 10.9. The van der Waals surface area contributed by atoms with Gasteiger partial charge in [0.2, 0.25) is 5.82 Å². The third kappa shape index (κ3) is 2.63. The molecule has 106 valence electrons. The minimum absolute atomic E-state index is 0.205. The van der Waals surface area contributed by atoms with E-state index >= 15 is 0 Å². The molecule has 0 saturated carbocycles. The lowest BCUT2D eigenvalue weighted by Gasteiger charge is -2.19. The van der Waals surface area contributed by atoms with Gasteiger partial charge in [0, 0.05) is 18.1 Å². The van der Waals surface area contributed by atoms with Crippen LogP contribution in [0.15, 0.2) is 22.7 Å². The molecule has 0 spiro atoms. The number of morpholine rings is 1. The van der Waals surface area contributed by atoms with Crippen molar-refractivity contribution in [3.8, 4) is 17.1 Å². The molecule has 2 heterocycles. The van der Waals surface area contributed by atoms with Gasteiger partial charge in [-0.25, -0.2) is 0 Å². The monoisotopic (exact) mass is 295 g/mol. The van der Waals surface area contributed by atoms with Crippen LogP contribution < -0.4 is 10.1 Å². The number of hydrogen-bond acceptors (Lipinski definition) is 6. The number of benzene rings is 1. The minimum atomic E-state index is -0.205. The predicted octanol–water partition coefficient (Wildman–Crippen LogP) is 2.06. The van der Waals surface area contributed by atoms with Crippen LogP contribution in [0.25, 0.3) is 11.4 Å². The Labute approximate surface area is 121 Å². The van der Waals surface area contributed by atoms with Gasteiger partial charge >= 0.3 is 0 Å². The van der Waals surface area contributed by atoms with Gasteiger partial charge in [-0.15, -0.1) is 0 Å². The van der Waals surface area contributed by atoms with Gasteiger partial charge in [-0.1, -0.05) is 16.8 Å². The topological polar surface area (TPSA) is 69.4 Å². The average Bonchev–Trinajstić information content (AvgIpc) is 2.97. The fourth-order valence-electron chi connectivity index (χ4n) is 2.05. The fraction of sp³-hybridized carbons (Fsp3) is 0.385. The van der Waals surface area contributed by atoms with Crippen LogP contribution in [0, 0.1) is 0 Å². The molecule has 1 atom stereocenters. The van der Waals surface area contributed by atoms with Gasteiger partial charge < -0.3 is 19.3 Å². The summed E-state index contributed by atoms with van der Waals surface area (Å²) in [4.78, 5) is 4.38. The molecule has 0 radical (unpaired) electrons. The Hall–Kier alpha value is -1.63. The van der Waals surface area contributed by atoms with Crippen molar-refractivity contribution in [2.75, 3.05) is 26.8 Å². The molecule has 6 nitrogen and oxygen atoms in total. The van der Waals surface area contributed by atoms with E-state index in [0.29, 0.717) is 35.6 Å². The molecule has 1 fully saturated rings. The first kappa shape index (κ1) is 13.4. The summed E-state index contributed by atoms with van der Waals surface area (Å²) < 4.78 is 16.1. The summed E-state index contributed by atoms with van der Waals surface area (Å²) in [5.74, 6) is 1.53. The van der Waals surface area contributed by atoms with Crippen LogP contribution in [0.2, 0.25) is 5.02 Å². The lowest BCUT2D eigenvalue weighted by molar-refractivity contribution is 0.00755. The summed E-state index contributed by atoms with van der Waals surface area (Å²) in [6.07, 6.45) is -0.205. The number of methoxy groups -OCH3 is 1. The molecule has 0 aliphatic carbocycles. The highest BCUT2D eigenvalue weighted by atomic mass is 35.5. The van der Waals surface area contributed by atoms with E-state index in [1.54, 1.807) is 25.3 Å². The second-order valence-electron chi connectivity index (χ2n) is 4.36. The molecule has 1 unspecified atom stereocenters. The first-order chi connectivity index (χ1) is 9.78. The van der Waals surface area contributed by atoms with Crippen molar-refractivity contribution < 1.29 is 14.0 Å². The van der Waals surface area contributed by atoms with Crippen molar-refractivity contribution in [3.63, 3.8) is 0 Å². The molecule has 0 bridgehead atoms. The molecule has 3 rings (SSSR count). The smallest absolute Gasteiger partial charge is 0.257 e. The van der Waals surface area contributed by atoms with Crippen molar-refractivity contribution in [1.82, 2.24) is 15.5 Å². The number of ether oxygens (including phenoxy) is 2. The highest BCUT2D eigenvalue weighted by Gasteiger charge is 2.23. The van der Waals surface area contributed by atoms with Gasteiger partial charge in [0.15, 0.2) is 0 Å². The van der Waals surface area contributed by atoms with Crippen molar-refractivity contribution >= 4 is 11.6 Å². The summed E-state index contributed by atoms with van der Waals surface area (Å²) in [7, 11) is 1.57. The predicted molar refractivity (Wildman–Crippen MR) is 72.9 cm³/mol. The van der Waals surface area contributed by atoms with E-state index in [-0.39, 0.29) is 6.10 Å². The lowest BCUT2D eigenvalue weighted by Crippen LogP contribution is -2.33. The van der Waals surface area contributed by atoms with Gasteiger partial charge in [-0.05, 0) is 18.2 Å². The number of rotatable bonds is 3. The highest BCUT2D eigenvalue weighted by Crippen LogP contribution is 2.31. The Balaban J connectivity index is 1.89. The Morgan fingerprint density at radius 3 is 3.10 bits per heavy atom. The molecular formula is C13H14ClN3O3.